The number of likely N-dealkylation sites (N-methyl/N-ethyl adjacent to an activating group) is 1. The Labute approximate surface area is 151 Å². The first-order chi connectivity index (χ1) is 12.6. The second kappa shape index (κ2) is 7.69. The van der Waals surface area contributed by atoms with E-state index in [4.69, 9.17) is 4.42 Å². The van der Waals surface area contributed by atoms with Crippen LogP contribution in [0.25, 0.3) is 17.1 Å². The number of carbonyl (C=O) groups excluding carboxylic acids is 2. The SMILES string of the molecule is CCNC(=O)C(C)NC(=O)c1cc(-c2ccco2)nn1-c1ccccc1. The van der Waals surface area contributed by atoms with Crippen LogP contribution in [0.3, 0.4) is 0 Å². The fraction of sp³-hybridized carbons (Fsp3) is 0.211. The molecule has 0 spiro atoms. The summed E-state index contributed by atoms with van der Waals surface area (Å²) in [5, 5.41) is 9.89. The van der Waals surface area contributed by atoms with Gasteiger partial charge in [0, 0.05) is 12.6 Å². The quantitative estimate of drug-likeness (QED) is 0.713. The van der Waals surface area contributed by atoms with Gasteiger partial charge in [-0.1, -0.05) is 18.2 Å². The normalized spacial score (nSPS) is 11.8. The average molecular weight is 352 g/mol. The largest absolute Gasteiger partial charge is 0.463 e. The third kappa shape index (κ3) is 3.66. The number of benzene rings is 1. The van der Waals surface area contributed by atoms with Crippen molar-refractivity contribution in [2.45, 2.75) is 19.9 Å². The summed E-state index contributed by atoms with van der Waals surface area (Å²) in [5.41, 5.74) is 1.59. The van der Waals surface area contributed by atoms with E-state index in [1.807, 2.05) is 37.3 Å². The average Bonchev–Trinajstić information content (AvgIpc) is 3.32. The number of amides is 2. The molecule has 3 aromatic rings. The zero-order chi connectivity index (χ0) is 18.5. The molecule has 0 aliphatic carbocycles. The molecule has 0 saturated heterocycles. The highest BCUT2D eigenvalue weighted by atomic mass is 16.3. The molecule has 0 saturated carbocycles. The zero-order valence-corrected chi connectivity index (χ0v) is 14.6. The van der Waals surface area contributed by atoms with Gasteiger partial charge in [-0.3, -0.25) is 9.59 Å². The maximum Gasteiger partial charge on any atom is 0.270 e. The first-order valence-electron chi connectivity index (χ1n) is 8.38. The summed E-state index contributed by atoms with van der Waals surface area (Å²) in [7, 11) is 0. The molecule has 7 nitrogen and oxygen atoms in total. The summed E-state index contributed by atoms with van der Waals surface area (Å²) >= 11 is 0. The summed E-state index contributed by atoms with van der Waals surface area (Å²) in [6.45, 7) is 3.97. The third-order valence-electron chi connectivity index (χ3n) is 3.81. The van der Waals surface area contributed by atoms with Crippen molar-refractivity contribution in [1.29, 1.82) is 0 Å². The maximum atomic E-state index is 12.8. The van der Waals surface area contributed by atoms with Gasteiger partial charge in [0.1, 0.15) is 17.4 Å². The van der Waals surface area contributed by atoms with Crippen LogP contribution >= 0.6 is 0 Å². The smallest absolute Gasteiger partial charge is 0.270 e. The van der Waals surface area contributed by atoms with Gasteiger partial charge in [0.15, 0.2) is 5.76 Å². The number of nitrogens with zero attached hydrogens (tertiary/aromatic N) is 2. The van der Waals surface area contributed by atoms with Crippen LogP contribution in [0.2, 0.25) is 0 Å². The summed E-state index contributed by atoms with van der Waals surface area (Å²) in [6.07, 6.45) is 1.55. The Hall–Kier alpha value is -3.35. The van der Waals surface area contributed by atoms with Crippen molar-refractivity contribution in [3.63, 3.8) is 0 Å². The number of hydrogen-bond acceptors (Lipinski definition) is 4. The van der Waals surface area contributed by atoms with E-state index >= 15 is 0 Å². The Morgan fingerprint density at radius 2 is 1.96 bits per heavy atom. The minimum atomic E-state index is -0.659. The number of aromatic nitrogens is 2. The lowest BCUT2D eigenvalue weighted by Crippen LogP contribution is -2.45. The monoisotopic (exact) mass is 352 g/mol. The Bertz CT molecular complexity index is 885. The van der Waals surface area contributed by atoms with Gasteiger partial charge in [0.25, 0.3) is 5.91 Å². The lowest BCUT2D eigenvalue weighted by atomic mass is 10.2. The molecule has 2 N–H and O–H groups in total. The molecular weight excluding hydrogens is 332 g/mol. The lowest BCUT2D eigenvalue weighted by molar-refractivity contribution is -0.122. The molecule has 26 heavy (non-hydrogen) atoms. The van der Waals surface area contributed by atoms with E-state index in [9.17, 15) is 9.59 Å². The first-order valence-corrected chi connectivity index (χ1v) is 8.38. The lowest BCUT2D eigenvalue weighted by Gasteiger charge is -2.14. The van der Waals surface area contributed by atoms with Crippen molar-refractivity contribution in [2.24, 2.45) is 0 Å². The molecule has 2 heterocycles. The van der Waals surface area contributed by atoms with E-state index in [2.05, 4.69) is 15.7 Å². The fourth-order valence-corrected chi connectivity index (χ4v) is 2.52. The molecule has 134 valence electrons. The van der Waals surface area contributed by atoms with Gasteiger partial charge in [0.2, 0.25) is 5.91 Å². The van der Waals surface area contributed by atoms with Gasteiger partial charge in [0.05, 0.1) is 12.0 Å². The van der Waals surface area contributed by atoms with Crippen molar-refractivity contribution in [2.75, 3.05) is 6.54 Å². The van der Waals surface area contributed by atoms with Gasteiger partial charge < -0.3 is 15.1 Å². The van der Waals surface area contributed by atoms with Crippen LogP contribution in [0.4, 0.5) is 0 Å². The number of hydrogen-bond donors (Lipinski definition) is 2. The molecule has 1 aromatic carbocycles. The Morgan fingerprint density at radius 3 is 2.62 bits per heavy atom. The predicted molar refractivity (Wildman–Crippen MR) is 96.9 cm³/mol. The van der Waals surface area contributed by atoms with Crippen LogP contribution in [0, 0.1) is 0 Å². The van der Waals surface area contributed by atoms with Gasteiger partial charge in [-0.05, 0) is 38.1 Å². The molecule has 1 unspecified atom stereocenters. The summed E-state index contributed by atoms with van der Waals surface area (Å²) in [4.78, 5) is 24.7. The van der Waals surface area contributed by atoms with Crippen LogP contribution in [0.15, 0.2) is 59.2 Å². The van der Waals surface area contributed by atoms with E-state index in [-0.39, 0.29) is 5.91 Å². The summed E-state index contributed by atoms with van der Waals surface area (Å²) in [5.74, 6) is -0.0682. The number of rotatable bonds is 6. The highest BCUT2D eigenvalue weighted by Gasteiger charge is 2.22. The number of para-hydroxylation sites is 1. The molecule has 3 rings (SSSR count). The van der Waals surface area contributed by atoms with Gasteiger partial charge in [-0.25, -0.2) is 4.68 Å². The summed E-state index contributed by atoms with van der Waals surface area (Å²) < 4.78 is 6.92. The fourth-order valence-electron chi connectivity index (χ4n) is 2.52. The van der Waals surface area contributed by atoms with Crippen molar-refractivity contribution < 1.29 is 14.0 Å². The summed E-state index contributed by atoms with van der Waals surface area (Å²) in [6, 6.07) is 13.8. The molecule has 1 atom stereocenters. The topological polar surface area (TPSA) is 89.2 Å². The van der Waals surface area contributed by atoms with E-state index in [0.717, 1.165) is 5.69 Å². The number of carbonyl (C=O) groups is 2. The maximum absolute atomic E-state index is 12.8. The molecule has 0 aliphatic heterocycles. The highest BCUT2D eigenvalue weighted by Crippen LogP contribution is 2.22. The van der Waals surface area contributed by atoms with Crippen LogP contribution in [-0.4, -0.2) is 34.2 Å². The van der Waals surface area contributed by atoms with Crippen LogP contribution < -0.4 is 10.6 Å². The Balaban J connectivity index is 1.94. The standard InChI is InChI=1S/C19H20N4O3/c1-3-20-18(24)13(2)21-19(25)16-12-15(17-10-7-11-26-17)22-23(16)14-8-5-4-6-9-14/h4-13H,3H2,1-2H3,(H,20,24)(H,21,25). The molecular formula is C19H20N4O3. The van der Waals surface area contributed by atoms with Crippen LogP contribution in [0.1, 0.15) is 24.3 Å². The number of furan rings is 1. The zero-order valence-electron chi connectivity index (χ0n) is 14.6. The van der Waals surface area contributed by atoms with Crippen LogP contribution in [0.5, 0.6) is 0 Å². The Kier molecular flexibility index (Phi) is 5.17. The minimum absolute atomic E-state index is 0.238. The highest BCUT2D eigenvalue weighted by molar-refractivity contribution is 5.97. The van der Waals surface area contributed by atoms with Gasteiger partial charge >= 0.3 is 0 Å². The van der Waals surface area contributed by atoms with Crippen molar-refractivity contribution in [1.82, 2.24) is 20.4 Å². The molecule has 2 aromatic heterocycles. The molecule has 0 bridgehead atoms. The third-order valence-corrected chi connectivity index (χ3v) is 3.81. The minimum Gasteiger partial charge on any atom is -0.463 e. The second-order valence-electron chi connectivity index (χ2n) is 5.73. The van der Waals surface area contributed by atoms with E-state index in [1.165, 1.54) is 4.68 Å². The van der Waals surface area contributed by atoms with E-state index < -0.39 is 11.9 Å². The van der Waals surface area contributed by atoms with E-state index in [1.54, 1.807) is 31.4 Å². The first kappa shape index (κ1) is 17.5. The molecule has 7 heteroatoms. The van der Waals surface area contributed by atoms with Crippen molar-refractivity contribution >= 4 is 11.8 Å². The van der Waals surface area contributed by atoms with Crippen molar-refractivity contribution in [3.8, 4) is 17.1 Å². The molecule has 0 aliphatic rings. The molecule has 0 radical (unpaired) electrons. The number of nitrogens with one attached hydrogen (secondary N) is 2. The van der Waals surface area contributed by atoms with Crippen molar-refractivity contribution in [3.05, 3.63) is 60.5 Å². The van der Waals surface area contributed by atoms with Gasteiger partial charge in [-0.2, -0.15) is 5.10 Å². The molecule has 0 fully saturated rings. The van der Waals surface area contributed by atoms with Gasteiger partial charge in [-0.15, -0.1) is 0 Å². The predicted octanol–water partition coefficient (Wildman–Crippen LogP) is 2.39. The van der Waals surface area contributed by atoms with E-state index in [0.29, 0.717) is 23.7 Å². The Morgan fingerprint density at radius 1 is 1.19 bits per heavy atom. The van der Waals surface area contributed by atoms with Crippen LogP contribution in [-0.2, 0) is 4.79 Å². The molecule has 2 amide bonds. The second-order valence-corrected chi connectivity index (χ2v) is 5.73.